The van der Waals surface area contributed by atoms with Gasteiger partial charge >= 0.3 is 6.09 Å². The number of thiophene rings is 1. The van der Waals surface area contributed by atoms with Crippen molar-refractivity contribution < 1.29 is 9.53 Å². The van der Waals surface area contributed by atoms with Crippen molar-refractivity contribution in [1.82, 2.24) is 14.9 Å². The third-order valence-electron chi connectivity index (χ3n) is 5.19. The Bertz CT molecular complexity index is 1090. The topological polar surface area (TPSA) is 58.6 Å². The molecule has 4 rings (SSSR count). The first-order chi connectivity index (χ1) is 14.7. The number of nitrogens with zero attached hydrogens (tertiary/aromatic N) is 4. The molecule has 8 heteroatoms. The Morgan fingerprint density at radius 1 is 1.10 bits per heavy atom. The Balaban J connectivity index is 1.69. The van der Waals surface area contributed by atoms with E-state index in [1.807, 2.05) is 39.0 Å². The van der Waals surface area contributed by atoms with Crippen LogP contribution in [0.25, 0.3) is 21.3 Å². The molecule has 0 unspecified atom stereocenters. The number of rotatable bonds is 2. The van der Waals surface area contributed by atoms with Gasteiger partial charge < -0.3 is 14.5 Å². The molecule has 0 atom stereocenters. The number of halogens is 1. The zero-order chi connectivity index (χ0) is 22.2. The first-order valence-electron chi connectivity index (χ1n) is 10.5. The highest BCUT2D eigenvalue weighted by Gasteiger charge is 2.27. The normalized spacial score (nSPS) is 15.3. The zero-order valence-corrected chi connectivity index (χ0v) is 19.9. The highest BCUT2D eigenvalue weighted by molar-refractivity contribution is 7.19. The Labute approximate surface area is 191 Å². The van der Waals surface area contributed by atoms with Crippen LogP contribution in [0.1, 0.15) is 32.1 Å². The second-order valence-electron chi connectivity index (χ2n) is 8.70. The highest BCUT2D eigenvalue weighted by atomic mass is 35.5. The van der Waals surface area contributed by atoms with Crippen LogP contribution in [-0.2, 0) is 4.74 Å². The molecule has 6 nitrogen and oxygen atoms in total. The number of benzene rings is 1. The molecule has 1 aromatic carbocycles. The molecule has 164 valence electrons. The van der Waals surface area contributed by atoms with Gasteiger partial charge in [0.05, 0.1) is 5.39 Å². The van der Waals surface area contributed by atoms with Gasteiger partial charge in [0.15, 0.2) is 0 Å². The fraction of sp³-hybridized carbons (Fsp3) is 0.435. The summed E-state index contributed by atoms with van der Waals surface area (Å²) in [5.74, 6) is 0.837. The van der Waals surface area contributed by atoms with Crippen LogP contribution in [0.3, 0.4) is 0 Å². The fourth-order valence-corrected chi connectivity index (χ4v) is 5.14. The smallest absolute Gasteiger partial charge is 0.410 e. The Morgan fingerprint density at radius 2 is 1.84 bits per heavy atom. The van der Waals surface area contributed by atoms with Gasteiger partial charge in [0.2, 0.25) is 5.28 Å². The van der Waals surface area contributed by atoms with E-state index in [1.165, 1.54) is 4.88 Å². The van der Waals surface area contributed by atoms with Crippen molar-refractivity contribution in [3.63, 3.8) is 0 Å². The summed E-state index contributed by atoms with van der Waals surface area (Å²) in [5, 5.41) is 1.28. The molecule has 0 bridgehead atoms. The first-order valence-corrected chi connectivity index (χ1v) is 11.7. The van der Waals surface area contributed by atoms with Gasteiger partial charge in [-0.3, -0.25) is 0 Å². The summed E-state index contributed by atoms with van der Waals surface area (Å²) < 4.78 is 5.57. The van der Waals surface area contributed by atoms with E-state index in [4.69, 9.17) is 16.3 Å². The van der Waals surface area contributed by atoms with E-state index in [0.29, 0.717) is 19.6 Å². The van der Waals surface area contributed by atoms with Crippen molar-refractivity contribution in [2.75, 3.05) is 31.1 Å². The molecule has 0 saturated carbocycles. The van der Waals surface area contributed by atoms with Crippen LogP contribution in [0, 0.1) is 6.92 Å². The van der Waals surface area contributed by atoms with Crippen molar-refractivity contribution in [3.8, 4) is 11.1 Å². The molecule has 3 aromatic rings. The van der Waals surface area contributed by atoms with Gasteiger partial charge in [-0.2, -0.15) is 4.98 Å². The average Bonchev–Trinajstić information content (AvgIpc) is 2.87. The van der Waals surface area contributed by atoms with Crippen LogP contribution in [0.4, 0.5) is 10.6 Å². The quantitative estimate of drug-likeness (QED) is 0.456. The molecular weight excluding hydrogens is 432 g/mol. The molecule has 1 fully saturated rings. The number of carbonyl (C=O) groups is 1. The van der Waals surface area contributed by atoms with E-state index >= 15 is 0 Å². The second kappa shape index (κ2) is 8.63. The van der Waals surface area contributed by atoms with Gasteiger partial charge in [-0.1, -0.05) is 30.3 Å². The van der Waals surface area contributed by atoms with Gasteiger partial charge in [0, 0.05) is 36.6 Å². The molecule has 31 heavy (non-hydrogen) atoms. The van der Waals surface area contributed by atoms with Gasteiger partial charge in [-0.15, -0.1) is 11.3 Å². The number of fused-ring (bicyclic) bond motifs is 1. The molecule has 2 aromatic heterocycles. The van der Waals surface area contributed by atoms with E-state index < -0.39 is 5.60 Å². The van der Waals surface area contributed by atoms with E-state index in [1.54, 1.807) is 16.2 Å². The molecule has 0 spiro atoms. The Kier molecular flexibility index (Phi) is 6.08. The van der Waals surface area contributed by atoms with Crippen LogP contribution in [0.15, 0.2) is 30.3 Å². The molecule has 1 amide bonds. The first kappa shape index (κ1) is 21.8. The molecule has 0 radical (unpaired) electrons. The summed E-state index contributed by atoms with van der Waals surface area (Å²) in [4.78, 5) is 27.8. The minimum absolute atomic E-state index is 0.247. The largest absolute Gasteiger partial charge is 0.444 e. The minimum Gasteiger partial charge on any atom is -0.444 e. The predicted molar refractivity (Wildman–Crippen MR) is 127 cm³/mol. The lowest BCUT2D eigenvalue weighted by Crippen LogP contribution is -2.39. The number of anilines is 1. The van der Waals surface area contributed by atoms with Crippen LogP contribution >= 0.6 is 22.9 Å². The molecule has 0 N–H and O–H groups in total. The number of aromatic nitrogens is 2. The van der Waals surface area contributed by atoms with Crippen molar-refractivity contribution in [1.29, 1.82) is 0 Å². The van der Waals surface area contributed by atoms with Crippen molar-refractivity contribution >= 4 is 45.1 Å². The standard InChI is InChI=1S/C23H27ClN4O2S/c1-15-17(16-9-6-5-7-10-16)18-19(25-21(24)26-20(18)31-15)27-11-8-12-28(14-13-27)22(29)30-23(2,3)4/h5-7,9-10H,8,11-14H2,1-4H3. The average molecular weight is 459 g/mol. The van der Waals surface area contributed by atoms with Crippen LogP contribution in [0.2, 0.25) is 5.28 Å². The van der Waals surface area contributed by atoms with Crippen molar-refractivity contribution in [2.45, 2.75) is 39.7 Å². The van der Waals surface area contributed by atoms with Crippen molar-refractivity contribution in [3.05, 3.63) is 40.5 Å². The number of aryl methyl sites for hydroxylation is 1. The Hall–Kier alpha value is -2.38. The molecule has 0 aliphatic carbocycles. The lowest BCUT2D eigenvalue weighted by Gasteiger charge is -2.27. The second-order valence-corrected chi connectivity index (χ2v) is 10.2. The SMILES string of the molecule is Cc1sc2nc(Cl)nc(N3CCCN(C(=O)OC(C)(C)C)CC3)c2c1-c1ccccc1. The van der Waals surface area contributed by atoms with Gasteiger partial charge in [-0.25, -0.2) is 9.78 Å². The van der Waals surface area contributed by atoms with E-state index in [2.05, 4.69) is 33.9 Å². The lowest BCUT2D eigenvalue weighted by molar-refractivity contribution is 0.0263. The maximum Gasteiger partial charge on any atom is 0.410 e. The third-order valence-corrected chi connectivity index (χ3v) is 6.36. The van der Waals surface area contributed by atoms with Gasteiger partial charge in [0.1, 0.15) is 16.2 Å². The number of ether oxygens (including phenoxy) is 1. The highest BCUT2D eigenvalue weighted by Crippen LogP contribution is 2.42. The van der Waals surface area contributed by atoms with Gasteiger partial charge in [0.25, 0.3) is 0 Å². The maximum absolute atomic E-state index is 12.6. The Morgan fingerprint density at radius 3 is 2.55 bits per heavy atom. The van der Waals surface area contributed by atoms with E-state index in [9.17, 15) is 4.79 Å². The number of hydrogen-bond acceptors (Lipinski definition) is 6. The predicted octanol–water partition coefficient (Wildman–Crippen LogP) is 5.77. The van der Waals surface area contributed by atoms with Crippen LogP contribution in [-0.4, -0.2) is 52.7 Å². The zero-order valence-electron chi connectivity index (χ0n) is 18.3. The summed E-state index contributed by atoms with van der Waals surface area (Å²) in [7, 11) is 0. The minimum atomic E-state index is -0.506. The molecule has 1 saturated heterocycles. The summed E-state index contributed by atoms with van der Waals surface area (Å²) >= 11 is 7.95. The summed E-state index contributed by atoms with van der Waals surface area (Å²) in [6.45, 7) is 10.4. The number of amides is 1. The van der Waals surface area contributed by atoms with Gasteiger partial charge in [-0.05, 0) is 51.3 Å². The monoisotopic (exact) mass is 458 g/mol. The van der Waals surface area contributed by atoms with E-state index in [-0.39, 0.29) is 11.4 Å². The van der Waals surface area contributed by atoms with Crippen LogP contribution in [0.5, 0.6) is 0 Å². The van der Waals surface area contributed by atoms with E-state index in [0.717, 1.165) is 40.1 Å². The third kappa shape index (κ3) is 4.77. The molecule has 3 heterocycles. The summed E-state index contributed by atoms with van der Waals surface area (Å²) in [6.07, 6.45) is 0.558. The number of carbonyl (C=O) groups excluding carboxylic acids is 1. The molecule has 1 aliphatic rings. The maximum atomic E-state index is 12.6. The summed E-state index contributed by atoms with van der Waals surface area (Å²) in [6, 6.07) is 10.3. The number of hydrogen-bond donors (Lipinski definition) is 0. The lowest BCUT2D eigenvalue weighted by atomic mass is 10.0. The molecular formula is C23H27ClN4O2S. The summed E-state index contributed by atoms with van der Waals surface area (Å²) in [5.41, 5.74) is 1.79. The fourth-order valence-electron chi connectivity index (χ4n) is 3.89. The molecule has 1 aliphatic heterocycles. The van der Waals surface area contributed by atoms with Crippen LogP contribution < -0.4 is 4.90 Å². The van der Waals surface area contributed by atoms with Crippen molar-refractivity contribution in [2.24, 2.45) is 0 Å².